The maximum absolute atomic E-state index is 5.53. The number of methoxy groups -OCH3 is 1. The number of ether oxygens (including phenoxy) is 1. The number of hydrogen-bond acceptors (Lipinski definition) is 5. The Kier molecular flexibility index (Phi) is 5.24. The van der Waals surface area contributed by atoms with Gasteiger partial charge in [0.05, 0.1) is 18.5 Å². The van der Waals surface area contributed by atoms with Gasteiger partial charge in [-0.3, -0.25) is 0 Å². The minimum atomic E-state index is -0.262. The second-order valence-corrected chi connectivity index (χ2v) is 6.88. The van der Waals surface area contributed by atoms with Crippen molar-refractivity contribution < 1.29 is 4.74 Å². The van der Waals surface area contributed by atoms with Crippen molar-refractivity contribution in [2.45, 2.75) is 19.9 Å². The summed E-state index contributed by atoms with van der Waals surface area (Å²) in [6, 6.07) is 23.9. The normalized spacial score (nSPS) is 11.8. The van der Waals surface area contributed by atoms with Gasteiger partial charge in [0, 0.05) is 0 Å². The lowest BCUT2D eigenvalue weighted by Crippen LogP contribution is -2.19. The predicted molar refractivity (Wildman–Crippen MR) is 114 cm³/mol. The van der Waals surface area contributed by atoms with Crippen LogP contribution in [0.2, 0.25) is 0 Å². The molecule has 0 saturated heterocycles. The molecule has 0 aliphatic carbocycles. The zero-order valence-corrected chi connectivity index (χ0v) is 16.7. The third-order valence-corrected chi connectivity index (χ3v) is 4.94. The van der Waals surface area contributed by atoms with Crippen molar-refractivity contribution in [1.29, 1.82) is 0 Å². The summed E-state index contributed by atoms with van der Waals surface area (Å²) >= 11 is 0. The highest BCUT2D eigenvalue weighted by atomic mass is 16.5. The second kappa shape index (κ2) is 8.14. The summed E-state index contributed by atoms with van der Waals surface area (Å²) in [5, 5.41) is 16.3. The molecule has 0 spiro atoms. The van der Waals surface area contributed by atoms with Crippen molar-refractivity contribution >= 4 is 5.69 Å². The summed E-state index contributed by atoms with van der Waals surface area (Å²) in [5.74, 6) is 1.47. The fourth-order valence-corrected chi connectivity index (χ4v) is 3.53. The first kappa shape index (κ1) is 18.7. The summed E-state index contributed by atoms with van der Waals surface area (Å²) in [6.45, 7) is 4.14. The molecule has 1 heterocycles. The molecule has 29 heavy (non-hydrogen) atoms. The van der Waals surface area contributed by atoms with E-state index in [9.17, 15) is 0 Å². The molecule has 146 valence electrons. The number of aromatic nitrogens is 4. The molecule has 6 heteroatoms. The van der Waals surface area contributed by atoms with Gasteiger partial charge in [-0.05, 0) is 53.1 Å². The molecule has 0 aliphatic heterocycles. The Morgan fingerprint density at radius 1 is 0.862 bits per heavy atom. The topological polar surface area (TPSA) is 64.9 Å². The van der Waals surface area contributed by atoms with E-state index in [0.717, 1.165) is 33.8 Å². The summed E-state index contributed by atoms with van der Waals surface area (Å²) in [6.07, 6.45) is 0. The smallest absolute Gasteiger partial charge is 0.183 e. The van der Waals surface area contributed by atoms with Crippen LogP contribution in [-0.4, -0.2) is 27.3 Å². The maximum atomic E-state index is 5.53. The van der Waals surface area contributed by atoms with E-state index in [1.54, 1.807) is 7.11 Å². The molecule has 0 radical (unpaired) electrons. The average molecular weight is 385 g/mol. The van der Waals surface area contributed by atoms with Crippen LogP contribution in [0.3, 0.4) is 0 Å². The van der Waals surface area contributed by atoms with Crippen LogP contribution in [0.5, 0.6) is 5.75 Å². The van der Waals surface area contributed by atoms with E-state index in [1.807, 2.05) is 53.2 Å². The van der Waals surface area contributed by atoms with E-state index >= 15 is 0 Å². The number of benzene rings is 3. The molecule has 1 unspecified atom stereocenters. The largest absolute Gasteiger partial charge is 0.495 e. The van der Waals surface area contributed by atoms with Crippen LogP contribution in [0.4, 0.5) is 5.69 Å². The maximum Gasteiger partial charge on any atom is 0.183 e. The minimum absolute atomic E-state index is 0.262. The Labute approximate surface area is 170 Å². The zero-order chi connectivity index (χ0) is 20.2. The van der Waals surface area contributed by atoms with Crippen LogP contribution >= 0.6 is 0 Å². The molecule has 3 aromatic carbocycles. The van der Waals surface area contributed by atoms with Crippen molar-refractivity contribution in [3.05, 3.63) is 95.3 Å². The highest BCUT2D eigenvalue weighted by Gasteiger charge is 2.24. The van der Waals surface area contributed by atoms with Gasteiger partial charge in [0.25, 0.3) is 0 Å². The van der Waals surface area contributed by atoms with Gasteiger partial charge in [0.2, 0.25) is 0 Å². The molecule has 1 N–H and O–H groups in total. The van der Waals surface area contributed by atoms with E-state index in [1.165, 1.54) is 0 Å². The second-order valence-electron chi connectivity index (χ2n) is 6.88. The van der Waals surface area contributed by atoms with E-state index in [4.69, 9.17) is 4.74 Å². The highest BCUT2D eigenvalue weighted by molar-refractivity contribution is 5.58. The molecule has 4 aromatic rings. The average Bonchev–Trinajstić information content (AvgIpc) is 3.22. The quantitative estimate of drug-likeness (QED) is 0.530. The Balaban J connectivity index is 1.85. The van der Waals surface area contributed by atoms with Crippen LogP contribution in [0.15, 0.2) is 72.8 Å². The van der Waals surface area contributed by atoms with Crippen molar-refractivity contribution in [1.82, 2.24) is 20.2 Å². The molecule has 0 aliphatic rings. The molecular weight excluding hydrogens is 362 g/mol. The highest BCUT2D eigenvalue weighted by Crippen LogP contribution is 2.32. The molecule has 0 saturated carbocycles. The van der Waals surface area contributed by atoms with Gasteiger partial charge in [-0.25, -0.2) is 0 Å². The monoisotopic (exact) mass is 385 g/mol. The van der Waals surface area contributed by atoms with Crippen LogP contribution < -0.4 is 10.1 Å². The van der Waals surface area contributed by atoms with Gasteiger partial charge < -0.3 is 10.1 Å². The van der Waals surface area contributed by atoms with E-state index in [2.05, 4.69) is 59.0 Å². The van der Waals surface area contributed by atoms with Gasteiger partial charge >= 0.3 is 0 Å². The van der Waals surface area contributed by atoms with Crippen molar-refractivity contribution in [3.8, 4) is 11.4 Å². The van der Waals surface area contributed by atoms with Gasteiger partial charge in [-0.1, -0.05) is 60.7 Å². The van der Waals surface area contributed by atoms with Gasteiger partial charge in [0.1, 0.15) is 11.8 Å². The number of aryl methyl sites for hydroxylation is 2. The van der Waals surface area contributed by atoms with Crippen LogP contribution in [0, 0.1) is 13.8 Å². The minimum Gasteiger partial charge on any atom is -0.495 e. The van der Waals surface area contributed by atoms with Crippen molar-refractivity contribution in [2.24, 2.45) is 0 Å². The lowest BCUT2D eigenvalue weighted by molar-refractivity contribution is 0.416. The van der Waals surface area contributed by atoms with Gasteiger partial charge in [0.15, 0.2) is 5.82 Å². The lowest BCUT2D eigenvalue weighted by Gasteiger charge is -2.22. The molecule has 6 nitrogen and oxygen atoms in total. The first-order valence-corrected chi connectivity index (χ1v) is 9.48. The van der Waals surface area contributed by atoms with Gasteiger partial charge in [-0.2, -0.15) is 4.68 Å². The molecule has 4 rings (SSSR count). The van der Waals surface area contributed by atoms with E-state index in [-0.39, 0.29) is 6.04 Å². The number of tetrazole rings is 1. The Morgan fingerprint density at radius 2 is 1.55 bits per heavy atom. The molecule has 1 atom stereocenters. The Bertz CT molecular complexity index is 1090. The van der Waals surface area contributed by atoms with Crippen LogP contribution in [0.25, 0.3) is 5.69 Å². The molecule has 0 bridgehead atoms. The SMILES string of the molecule is COc1ccccc1NC(c1ccccc1)c1nnnn1-c1c(C)cccc1C. The van der Waals surface area contributed by atoms with E-state index < -0.39 is 0 Å². The summed E-state index contributed by atoms with van der Waals surface area (Å²) < 4.78 is 7.36. The summed E-state index contributed by atoms with van der Waals surface area (Å²) in [5.41, 5.74) is 5.15. The Morgan fingerprint density at radius 3 is 2.28 bits per heavy atom. The molecule has 0 amide bonds. The number of anilines is 1. The van der Waals surface area contributed by atoms with Crippen LogP contribution in [-0.2, 0) is 0 Å². The summed E-state index contributed by atoms with van der Waals surface area (Å²) in [7, 11) is 1.67. The number of hydrogen-bond donors (Lipinski definition) is 1. The third kappa shape index (κ3) is 3.69. The standard InChI is InChI=1S/C23H23N5O/c1-16-10-9-11-17(2)22(16)28-23(25-26-27-28)21(18-12-5-4-6-13-18)24-19-14-7-8-15-20(19)29-3/h4-15,21,24H,1-3H3. The third-order valence-electron chi connectivity index (χ3n) is 4.94. The fraction of sp³-hybridized carbons (Fsp3) is 0.174. The van der Waals surface area contributed by atoms with Crippen molar-refractivity contribution in [2.75, 3.05) is 12.4 Å². The molecular formula is C23H23N5O. The number of nitrogens with zero attached hydrogens (tertiary/aromatic N) is 4. The van der Waals surface area contributed by atoms with Crippen LogP contribution in [0.1, 0.15) is 28.6 Å². The predicted octanol–water partition coefficient (Wildman–Crippen LogP) is 4.49. The zero-order valence-electron chi connectivity index (χ0n) is 16.7. The molecule has 1 aromatic heterocycles. The number of nitrogens with one attached hydrogen (secondary N) is 1. The lowest BCUT2D eigenvalue weighted by atomic mass is 10.0. The van der Waals surface area contributed by atoms with E-state index in [0.29, 0.717) is 5.82 Å². The number of rotatable bonds is 6. The first-order valence-electron chi connectivity index (χ1n) is 9.48. The Hall–Kier alpha value is -3.67. The summed E-state index contributed by atoms with van der Waals surface area (Å²) in [4.78, 5) is 0. The van der Waals surface area contributed by atoms with Crippen molar-refractivity contribution in [3.63, 3.8) is 0 Å². The molecule has 0 fully saturated rings. The first-order chi connectivity index (χ1) is 14.2. The van der Waals surface area contributed by atoms with Gasteiger partial charge in [-0.15, -0.1) is 5.10 Å². The fourth-order valence-electron chi connectivity index (χ4n) is 3.53. The number of para-hydroxylation sites is 3.